The normalized spacial score (nSPS) is 11.3. The molecule has 0 aliphatic rings. The molecule has 4 aromatic carbocycles. The number of hydrogen-bond donors (Lipinski definition) is 2. The highest BCUT2D eigenvalue weighted by Gasteiger charge is 1.95. The van der Waals surface area contributed by atoms with Gasteiger partial charge < -0.3 is 0 Å². The van der Waals surface area contributed by atoms with Crippen LogP contribution in [0.3, 0.4) is 0 Å². The van der Waals surface area contributed by atoms with Crippen molar-refractivity contribution in [3.63, 3.8) is 0 Å². The third kappa shape index (κ3) is 13.2. The topological polar surface area (TPSA) is 109 Å². The molecule has 0 heterocycles. The van der Waals surface area contributed by atoms with Gasteiger partial charge in [-0.05, 0) is 34.4 Å². The average molecular weight is 523 g/mol. The summed E-state index contributed by atoms with van der Waals surface area (Å²) in [6.45, 7) is 0. The van der Waals surface area contributed by atoms with Crippen molar-refractivity contribution in [1.82, 2.24) is 0 Å². The van der Waals surface area contributed by atoms with Gasteiger partial charge in [0, 0.05) is 0 Å². The van der Waals surface area contributed by atoms with Gasteiger partial charge in [-0.2, -0.15) is 16.8 Å². The fourth-order valence-electron chi connectivity index (χ4n) is 2.72. The lowest BCUT2D eigenvalue weighted by Crippen LogP contribution is -1.88. The molecule has 0 spiro atoms. The van der Waals surface area contributed by atoms with Crippen LogP contribution in [-0.2, 0) is 20.2 Å². The Kier molecular flexibility index (Phi) is 11.5. The van der Waals surface area contributed by atoms with Gasteiger partial charge in [-0.3, -0.25) is 9.11 Å². The van der Waals surface area contributed by atoms with E-state index in [2.05, 4.69) is 48.5 Å². The molecule has 0 radical (unpaired) electrons. The summed E-state index contributed by atoms with van der Waals surface area (Å²) in [5, 5.41) is 1.50. The number of rotatable bonds is 5. The summed E-state index contributed by atoms with van der Waals surface area (Å²) in [4.78, 5) is 0. The van der Waals surface area contributed by atoms with Crippen LogP contribution in [0.2, 0.25) is 0 Å². The molecule has 0 atom stereocenters. The summed E-state index contributed by atoms with van der Waals surface area (Å²) in [5.41, 5.74) is 4.02. The highest BCUT2D eigenvalue weighted by atomic mass is 32.2. The molecule has 8 heteroatoms. The van der Waals surface area contributed by atoms with Gasteiger partial charge in [0.1, 0.15) is 0 Å². The monoisotopic (exact) mass is 522 g/mol. The van der Waals surface area contributed by atoms with E-state index in [0.29, 0.717) is 0 Å². The van der Waals surface area contributed by atoms with Crippen LogP contribution >= 0.6 is 0 Å². The third-order valence-electron chi connectivity index (χ3n) is 4.34. The molecule has 0 saturated heterocycles. The molecular weight excluding hydrogens is 496 g/mol. The lowest BCUT2D eigenvalue weighted by Gasteiger charge is -1.98. The van der Waals surface area contributed by atoms with Crippen molar-refractivity contribution < 1.29 is 25.9 Å². The zero-order chi connectivity index (χ0) is 26.3. The zero-order valence-corrected chi connectivity index (χ0v) is 20.8. The van der Waals surface area contributed by atoms with Crippen molar-refractivity contribution >= 4 is 32.4 Å². The summed E-state index contributed by atoms with van der Waals surface area (Å²) >= 11 is 0. The van der Waals surface area contributed by atoms with Crippen LogP contribution in [0.1, 0.15) is 11.1 Å². The molecule has 0 bridgehead atoms. The van der Waals surface area contributed by atoms with E-state index in [9.17, 15) is 16.8 Å². The Morgan fingerprint density at radius 2 is 0.667 bits per heavy atom. The number of benzene rings is 4. The summed E-state index contributed by atoms with van der Waals surface area (Å²) in [6.07, 6.45) is 2.66. The van der Waals surface area contributed by atoms with Crippen LogP contribution < -0.4 is 0 Å². The number of hydrogen-bond acceptors (Lipinski definition) is 4. The quantitative estimate of drug-likeness (QED) is 0.292. The summed E-state index contributed by atoms with van der Waals surface area (Å²) < 4.78 is 57.8. The second kappa shape index (κ2) is 14.6. The Labute approximate surface area is 212 Å². The van der Waals surface area contributed by atoms with Crippen LogP contribution in [0.15, 0.2) is 132 Å². The van der Waals surface area contributed by atoms with Crippen molar-refractivity contribution in [3.8, 4) is 11.1 Å². The SMILES string of the molecule is O=S(=O)(O)C=Cc1ccccc1.O=S(=O)(O)C=Cc1ccccc1.c1ccc(-c2ccccc2)cc1. The van der Waals surface area contributed by atoms with E-state index in [0.717, 1.165) is 21.9 Å². The molecule has 4 rings (SSSR count). The first-order valence-corrected chi connectivity index (χ1v) is 13.6. The van der Waals surface area contributed by atoms with E-state index in [1.807, 2.05) is 24.3 Å². The molecule has 0 aliphatic heterocycles. The van der Waals surface area contributed by atoms with Gasteiger partial charge in [-0.25, -0.2) is 0 Å². The lowest BCUT2D eigenvalue weighted by molar-refractivity contribution is 0.492. The molecule has 186 valence electrons. The predicted octanol–water partition coefficient (Wildman–Crippen LogP) is 6.44. The van der Waals surface area contributed by atoms with Crippen LogP contribution in [-0.4, -0.2) is 25.9 Å². The molecule has 2 N–H and O–H groups in total. The Bertz CT molecular complexity index is 1320. The van der Waals surface area contributed by atoms with Crippen molar-refractivity contribution in [2.24, 2.45) is 0 Å². The Morgan fingerprint density at radius 3 is 0.917 bits per heavy atom. The van der Waals surface area contributed by atoms with Crippen molar-refractivity contribution in [1.29, 1.82) is 0 Å². The molecular formula is C28H26O6S2. The lowest BCUT2D eigenvalue weighted by atomic mass is 10.1. The molecule has 4 aromatic rings. The minimum atomic E-state index is -4.00. The fourth-order valence-corrected chi connectivity index (χ4v) is 3.38. The standard InChI is InChI=1S/C12H10.2C8H8O3S/c1-3-7-11(8-4-1)12-9-5-2-6-10-12;2*9-12(10,11)7-6-8-4-2-1-3-5-8/h1-10H;2*1-7H,(H,9,10,11). The average Bonchev–Trinajstić information content (AvgIpc) is 2.89. The second-order valence-corrected chi connectivity index (χ2v) is 9.79. The minimum absolute atomic E-state index is 0.732. The predicted molar refractivity (Wildman–Crippen MR) is 146 cm³/mol. The fraction of sp³-hybridized carbons (Fsp3) is 0. The highest BCUT2D eigenvalue weighted by Crippen LogP contribution is 2.17. The Balaban J connectivity index is 0.000000190. The van der Waals surface area contributed by atoms with E-state index < -0.39 is 20.2 Å². The molecule has 0 fully saturated rings. The van der Waals surface area contributed by atoms with E-state index in [1.165, 1.54) is 23.3 Å². The van der Waals surface area contributed by atoms with Gasteiger partial charge in [0.2, 0.25) is 0 Å². The van der Waals surface area contributed by atoms with Gasteiger partial charge in [-0.15, -0.1) is 0 Å². The smallest absolute Gasteiger partial charge is 0.282 e. The van der Waals surface area contributed by atoms with Crippen LogP contribution in [0.25, 0.3) is 23.3 Å². The summed E-state index contributed by atoms with van der Waals surface area (Å²) in [6, 6.07) is 38.5. The van der Waals surface area contributed by atoms with Crippen molar-refractivity contribution in [2.45, 2.75) is 0 Å². The Hall–Kier alpha value is -3.82. The minimum Gasteiger partial charge on any atom is -0.282 e. The second-order valence-electron chi connectivity index (χ2n) is 7.19. The maximum absolute atomic E-state index is 10.3. The van der Waals surface area contributed by atoms with Crippen molar-refractivity contribution in [2.75, 3.05) is 0 Å². The molecule has 0 aromatic heterocycles. The first kappa shape index (κ1) is 28.4. The van der Waals surface area contributed by atoms with Gasteiger partial charge in [0.15, 0.2) is 0 Å². The van der Waals surface area contributed by atoms with E-state index in [1.54, 1.807) is 48.5 Å². The van der Waals surface area contributed by atoms with Gasteiger partial charge in [-0.1, -0.05) is 121 Å². The van der Waals surface area contributed by atoms with E-state index in [4.69, 9.17) is 9.11 Å². The summed E-state index contributed by atoms with van der Waals surface area (Å²) in [7, 11) is -8.01. The summed E-state index contributed by atoms with van der Waals surface area (Å²) in [5.74, 6) is 0. The van der Waals surface area contributed by atoms with Gasteiger partial charge in [0.05, 0.1) is 10.8 Å². The maximum atomic E-state index is 10.3. The highest BCUT2D eigenvalue weighted by molar-refractivity contribution is 7.89. The van der Waals surface area contributed by atoms with Crippen LogP contribution in [0.5, 0.6) is 0 Å². The van der Waals surface area contributed by atoms with Gasteiger partial charge in [0.25, 0.3) is 20.2 Å². The van der Waals surface area contributed by atoms with E-state index in [-0.39, 0.29) is 0 Å². The van der Waals surface area contributed by atoms with E-state index >= 15 is 0 Å². The maximum Gasteiger partial charge on any atom is 0.287 e. The molecule has 36 heavy (non-hydrogen) atoms. The Morgan fingerprint density at radius 1 is 0.417 bits per heavy atom. The largest absolute Gasteiger partial charge is 0.287 e. The first-order chi connectivity index (χ1) is 17.1. The van der Waals surface area contributed by atoms with Crippen molar-refractivity contribution in [3.05, 3.63) is 143 Å². The van der Waals surface area contributed by atoms with Crippen LogP contribution in [0.4, 0.5) is 0 Å². The van der Waals surface area contributed by atoms with Crippen LogP contribution in [0, 0.1) is 0 Å². The molecule has 0 unspecified atom stereocenters. The van der Waals surface area contributed by atoms with Gasteiger partial charge >= 0.3 is 0 Å². The first-order valence-electron chi connectivity index (χ1n) is 10.6. The zero-order valence-electron chi connectivity index (χ0n) is 19.2. The molecule has 6 nitrogen and oxygen atoms in total. The molecule has 0 amide bonds. The molecule has 0 aliphatic carbocycles. The third-order valence-corrected chi connectivity index (χ3v) is 5.31. The molecule has 0 saturated carbocycles.